The van der Waals surface area contributed by atoms with Crippen LogP contribution < -0.4 is 16.8 Å². The van der Waals surface area contributed by atoms with E-state index in [4.69, 9.17) is 11.5 Å². The Morgan fingerprint density at radius 1 is 1.36 bits per heavy atom. The van der Waals surface area contributed by atoms with Crippen LogP contribution in [-0.2, 0) is 13.1 Å². The van der Waals surface area contributed by atoms with E-state index in [9.17, 15) is 0 Å². The molecule has 5 N–H and O–H groups in total. The Morgan fingerprint density at radius 3 is 2.91 bits per heavy atom. The Labute approximate surface area is 130 Å². The number of aromatic nitrogens is 4. The molecule has 2 aromatic rings. The molecule has 1 aliphatic carbocycles. The molecule has 7 nitrogen and oxygen atoms in total. The van der Waals surface area contributed by atoms with Gasteiger partial charge in [-0.25, -0.2) is 4.98 Å². The van der Waals surface area contributed by atoms with E-state index in [0.717, 1.165) is 42.9 Å². The summed E-state index contributed by atoms with van der Waals surface area (Å²) in [5.74, 6) is 1.47. The topological polar surface area (TPSA) is 108 Å². The zero-order valence-corrected chi connectivity index (χ0v) is 12.9. The van der Waals surface area contributed by atoms with Gasteiger partial charge in [-0.1, -0.05) is 6.92 Å². The lowest BCUT2D eigenvalue weighted by Gasteiger charge is -2.32. The van der Waals surface area contributed by atoms with Crippen molar-refractivity contribution in [1.29, 1.82) is 0 Å². The minimum absolute atomic E-state index is 0.294. The molecule has 1 aliphatic rings. The lowest BCUT2D eigenvalue weighted by Crippen LogP contribution is -2.35. The Bertz CT molecular complexity index is 631. The lowest BCUT2D eigenvalue weighted by atomic mass is 9.78. The van der Waals surface area contributed by atoms with Crippen molar-refractivity contribution in [3.8, 4) is 0 Å². The molecule has 3 rings (SSSR count). The number of rotatable bonds is 6. The maximum Gasteiger partial charge on any atom is 0.222 e. The molecule has 0 saturated heterocycles. The fourth-order valence-electron chi connectivity index (χ4n) is 2.73. The first-order valence-electron chi connectivity index (χ1n) is 7.79. The molecular weight excluding hydrogens is 278 g/mol. The first kappa shape index (κ1) is 14.8. The van der Waals surface area contributed by atoms with Crippen LogP contribution >= 0.6 is 0 Å². The molecule has 2 heterocycles. The Kier molecular flexibility index (Phi) is 4.24. The third kappa shape index (κ3) is 3.36. The number of nitrogens with two attached hydrogens (primary N) is 2. The van der Waals surface area contributed by atoms with Gasteiger partial charge in [-0.2, -0.15) is 10.1 Å². The van der Waals surface area contributed by atoms with Crippen LogP contribution in [0, 0.1) is 0 Å². The fourth-order valence-corrected chi connectivity index (χ4v) is 2.73. The second-order valence-corrected chi connectivity index (χ2v) is 5.93. The van der Waals surface area contributed by atoms with Gasteiger partial charge in [0.05, 0.1) is 11.9 Å². The van der Waals surface area contributed by atoms with Crippen molar-refractivity contribution in [3.05, 3.63) is 29.7 Å². The highest BCUT2D eigenvalue weighted by molar-refractivity contribution is 5.42. The highest BCUT2D eigenvalue weighted by atomic mass is 15.3. The third-order valence-electron chi connectivity index (χ3n) is 3.97. The highest BCUT2D eigenvalue weighted by Crippen LogP contribution is 2.35. The number of nitrogen functional groups attached to an aromatic ring is 1. The Morgan fingerprint density at radius 2 is 2.18 bits per heavy atom. The van der Waals surface area contributed by atoms with Crippen molar-refractivity contribution in [3.63, 3.8) is 0 Å². The second-order valence-electron chi connectivity index (χ2n) is 5.93. The molecule has 22 heavy (non-hydrogen) atoms. The average Bonchev–Trinajstić information content (AvgIpc) is 2.89. The summed E-state index contributed by atoms with van der Waals surface area (Å²) in [5, 5.41) is 7.61. The largest absolute Gasteiger partial charge is 0.368 e. The van der Waals surface area contributed by atoms with Crippen LogP contribution in [0.1, 0.15) is 43.4 Å². The van der Waals surface area contributed by atoms with Crippen LogP contribution in [0.3, 0.4) is 0 Å². The predicted octanol–water partition coefficient (Wildman–Crippen LogP) is 1.48. The number of nitrogens with zero attached hydrogens (tertiary/aromatic N) is 4. The van der Waals surface area contributed by atoms with E-state index in [-0.39, 0.29) is 0 Å². The fraction of sp³-hybridized carbons (Fsp3) is 0.533. The van der Waals surface area contributed by atoms with Gasteiger partial charge in [0.1, 0.15) is 5.82 Å². The number of anilines is 2. The van der Waals surface area contributed by atoms with Crippen molar-refractivity contribution in [2.24, 2.45) is 5.73 Å². The SMILES string of the molecule is CCCn1cc(CNc2cc(C3CC(N)C3)nc(N)n2)cn1. The van der Waals surface area contributed by atoms with E-state index in [0.29, 0.717) is 24.5 Å². The molecule has 7 heteroatoms. The van der Waals surface area contributed by atoms with E-state index in [1.54, 1.807) is 0 Å². The summed E-state index contributed by atoms with van der Waals surface area (Å²) >= 11 is 0. The zero-order valence-electron chi connectivity index (χ0n) is 12.9. The average molecular weight is 301 g/mol. The van der Waals surface area contributed by atoms with E-state index >= 15 is 0 Å². The van der Waals surface area contributed by atoms with Gasteiger partial charge in [-0.05, 0) is 19.3 Å². The standard InChI is InChI=1S/C15H23N7/c1-2-3-22-9-10(8-19-22)7-18-14-6-13(20-15(17)21-14)11-4-12(16)5-11/h6,8-9,11-12H,2-5,7,16H2,1H3,(H3,17,18,20,21). The van der Waals surface area contributed by atoms with E-state index < -0.39 is 0 Å². The highest BCUT2D eigenvalue weighted by Gasteiger charge is 2.29. The maximum absolute atomic E-state index is 5.84. The minimum Gasteiger partial charge on any atom is -0.368 e. The molecule has 0 radical (unpaired) electrons. The smallest absolute Gasteiger partial charge is 0.222 e. The molecule has 1 saturated carbocycles. The first-order chi connectivity index (χ1) is 10.6. The summed E-state index contributed by atoms with van der Waals surface area (Å²) in [6, 6.07) is 2.27. The summed E-state index contributed by atoms with van der Waals surface area (Å²) in [6.07, 6.45) is 6.94. The number of nitrogens with one attached hydrogen (secondary N) is 1. The molecule has 1 fully saturated rings. The molecule has 0 spiro atoms. The Hall–Kier alpha value is -2.15. The number of hydrogen-bond donors (Lipinski definition) is 3. The van der Waals surface area contributed by atoms with Crippen molar-refractivity contribution in [2.75, 3.05) is 11.1 Å². The molecule has 0 atom stereocenters. The summed E-state index contributed by atoms with van der Waals surface area (Å²) in [4.78, 5) is 8.58. The summed E-state index contributed by atoms with van der Waals surface area (Å²) in [5.41, 5.74) is 13.8. The zero-order chi connectivity index (χ0) is 15.5. The Balaban J connectivity index is 1.64. The molecule has 0 amide bonds. The predicted molar refractivity (Wildman–Crippen MR) is 86.2 cm³/mol. The molecular formula is C15H23N7. The molecule has 0 unspecified atom stereocenters. The normalized spacial score (nSPS) is 20.6. The molecule has 0 aliphatic heterocycles. The van der Waals surface area contributed by atoms with Gasteiger partial charge in [0.25, 0.3) is 0 Å². The van der Waals surface area contributed by atoms with Crippen LogP contribution in [0.5, 0.6) is 0 Å². The second kappa shape index (κ2) is 6.31. The summed E-state index contributed by atoms with van der Waals surface area (Å²) < 4.78 is 1.95. The van der Waals surface area contributed by atoms with Gasteiger partial charge in [0.15, 0.2) is 0 Å². The third-order valence-corrected chi connectivity index (χ3v) is 3.97. The van der Waals surface area contributed by atoms with Crippen LogP contribution in [0.15, 0.2) is 18.5 Å². The molecule has 118 valence electrons. The molecule has 2 aromatic heterocycles. The monoisotopic (exact) mass is 301 g/mol. The number of aryl methyl sites for hydroxylation is 1. The summed E-state index contributed by atoms with van der Waals surface area (Å²) in [6.45, 7) is 3.74. The van der Waals surface area contributed by atoms with Crippen molar-refractivity contribution in [1.82, 2.24) is 19.7 Å². The van der Waals surface area contributed by atoms with E-state index in [1.165, 1.54) is 0 Å². The lowest BCUT2D eigenvalue weighted by molar-refractivity contribution is 0.345. The summed E-state index contributed by atoms with van der Waals surface area (Å²) in [7, 11) is 0. The van der Waals surface area contributed by atoms with Gasteiger partial charge in [0, 0.05) is 42.9 Å². The quantitative estimate of drug-likeness (QED) is 0.746. The van der Waals surface area contributed by atoms with Crippen molar-refractivity contribution >= 4 is 11.8 Å². The van der Waals surface area contributed by atoms with Crippen LogP contribution in [0.25, 0.3) is 0 Å². The van der Waals surface area contributed by atoms with Gasteiger partial charge in [-0.3, -0.25) is 4.68 Å². The van der Waals surface area contributed by atoms with Crippen LogP contribution in [-0.4, -0.2) is 25.8 Å². The molecule has 0 aromatic carbocycles. The van der Waals surface area contributed by atoms with Crippen molar-refractivity contribution < 1.29 is 0 Å². The maximum atomic E-state index is 5.84. The number of hydrogen-bond acceptors (Lipinski definition) is 6. The van der Waals surface area contributed by atoms with E-state index in [1.807, 2.05) is 23.1 Å². The first-order valence-corrected chi connectivity index (χ1v) is 7.79. The van der Waals surface area contributed by atoms with Crippen LogP contribution in [0.2, 0.25) is 0 Å². The molecule has 0 bridgehead atoms. The van der Waals surface area contributed by atoms with Gasteiger partial charge < -0.3 is 16.8 Å². The van der Waals surface area contributed by atoms with Crippen molar-refractivity contribution in [2.45, 2.75) is 51.2 Å². The van der Waals surface area contributed by atoms with Gasteiger partial charge in [-0.15, -0.1) is 0 Å². The van der Waals surface area contributed by atoms with E-state index in [2.05, 4.69) is 27.3 Å². The van der Waals surface area contributed by atoms with Crippen LogP contribution in [0.4, 0.5) is 11.8 Å². The minimum atomic E-state index is 0.294. The van der Waals surface area contributed by atoms with Gasteiger partial charge in [0.2, 0.25) is 5.95 Å². The van der Waals surface area contributed by atoms with Gasteiger partial charge >= 0.3 is 0 Å².